The van der Waals surface area contributed by atoms with Gasteiger partial charge in [-0.2, -0.15) is 0 Å². The molecule has 1 aliphatic carbocycles. The van der Waals surface area contributed by atoms with Crippen LogP contribution in [0.25, 0.3) is 54.2 Å². The Morgan fingerprint density at radius 2 is 0.807 bits per heavy atom. The van der Waals surface area contributed by atoms with Crippen LogP contribution in [0.3, 0.4) is 0 Å². The molecule has 0 aromatic heterocycles. The number of rotatable bonds is 6. The number of hydrogen-bond donors (Lipinski definition) is 0. The average Bonchev–Trinajstić information content (AvgIpc) is 3.49. The monoisotopic (exact) mass is 728 g/mol. The van der Waals surface area contributed by atoms with Crippen LogP contribution in [0.15, 0.2) is 206 Å². The van der Waals surface area contributed by atoms with Crippen molar-refractivity contribution in [3.63, 3.8) is 0 Å². The number of benzene rings is 10. The Bertz CT molecular complexity index is 3170. The third-order valence-corrected chi connectivity index (χ3v) is 12.2. The maximum absolute atomic E-state index is 2.48. The molecule has 11 rings (SSSR count). The van der Waals surface area contributed by atoms with Crippen LogP contribution in [0.4, 0.5) is 34.1 Å². The molecule has 0 saturated carbocycles. The highest BCUT2D eigenvalue weighted by Crippen LogP contribution is 2.53. The van der Waals surface area contributed by atoms with Gasteiger partial charge in [-0.3, -0.25) is 0 Å². The first kappa shape index (κ1) is 33.2. The molecular weight excluding hydrogens is 689 g/mol. The predicted octanol–water partition coefficient (Wildman–Crippen LogP) is 15.5. The Hall–Kier alpha value is -7.16. The lowest BCUT2D eigenvalue weighted by molar-refractivity contribution is 0.660. The second-order valence-electron chi connectivity index (χ2n) is 15.8. The number of anilines is 6. The van der Waals surface area contributed by atoms with E-state index in [1.807, 2.05) is 0 Å². The van der Waals surface area contributed by atoms with Crippen molar-refractivity contribution in [1.82, 2.24) is 0 Å². The van der Waals surface area contributed by atoms with Crippen molar-refractivity contribution < 1.29 is 0 Å². The number of hydrogen-bond acceptors (Lipinski definition) is 2. The summed E-state index contributed by atoms with van der Waals surface area (Å²) in [4.78, 5) is 4.89. The van der Waals surface area contributed by atoms with Gasteiger partial charge in [-0.25, -0.2) is 0 Å². The van der Waals surface area contributed by atoms with E-state index in [-0.39, 0.29) is 5.41 Å². The Labute approximate surface area is 333 Å². The summed E-state index contributed by atoms with van der Waals surface area (Å²) in [5, 5.41) is 9.90. The summed E-state index contributed by atoms with van der Waals surface area (Å²) in [6.45, 7) is 4.78. The van der Waals surface area contributed by atoms with E-state index in [1.54, 1.807) is 0 Å². The van der Waals surface area contributed by atoms with Gasteiger partial charge in [0.15, 0.2) is 0 Å². The molecule has 0 amide bonds. The molecule has 2 nitrogen and oxygen atoms in total. The van der Waals surface area contributed by atoms with E-state index in [9.17, 15) is 0 Å². The Balaban J connectivity index is 1.09. The van der Waals surface area contributed by atoms with E-state index in [1.165, 1.54) is 76.7 Å². The lowest BCUT2D eigenvalue weighted by Crippen LogP contribution is -2.18. The van der Waals surface area contributed by atoms with Gasteiger partial charge < -0.3 is 9.80 Å². The largest absolute Gasteiger partial charge is 0.310 e. The highest BCUT2D eigenvalue weighted by atomic mass is 15.1. The summed E-state index contributed by atoms with van der Waals surface area (Å²) < 4.78 is 0. The molecule has 270 valence electrons. The van der Waals surface area contributed by atoms with Gasteiger partial charge in [0.05, 0.1) is 11.4 Å². The molecule has 0 N–H and O–H groups in total. The minimum atomic E-state index is -0.252. The van der Waals surface area contributed by atoms with Gasteiger partial charge in [0.2, 0.25) is 0 Å². The van der Waals surface area contributed by atoms with Gasteiger partial charge in [-0.1, -0.05) is 159 Å². The van der Waals surface area contributed by atoms with Gasteiger partial charge in [0.1, 0.15) is 0 Å². The van der Waals surface area contributed by atoms with Gasteiger partial charge >= 0.3 is 0 Å². The predicted molar refractivity (Wildman–Crippen MR) is 243 cm³/mol. The van der Waals surface area contributed by atoms with Crippen LogP contribution < -0.4 is 9.80 Å². The molecule has 1 aliphatic rings. The lowest BCUT2D eigenvalue weighted by atomic mass is 9.82. The Morgan fingerprint density at radius 3 is 1.53 bits per heavy atom. The molecule has 0 bridgehead atoms. The maximum Gasteiger partial charge on any atom is 0.0546 e. The maximum atomic E-state index is 2.48. The van der Waals surface area contributed by atoms with Crippen LogP contribution in [0.5, 0.6) is 0 Å². The fourth-order valence-corrected chi connectivity index (χ4v) is 9.36. The average molecular weight is 729 g/mol. The Kier molecular flexibility index (Phi) is 7.55. The molecule has 0 unspecified atom stereocenters. The molecule has 0 atom stereocenters. The highest BCUT2D eigenvalue weighted by Gasteiger charge is 2.37. The molecule has 0 aliphatic heterocycles. The second-order valence-corrected chi connectivity index (χ2v) is 15.8. The van der Waals surface area contributed by atoms with E-state index in [4.69, 9.17) is 0 Å². The first-order valence-corrected chi connectivity index (χ1v) is 19.8. The van der Waals surface area contributed by atoms with E-state index in [0.29, 0.717) is 0 Å². The molecule has 10 aromatic carbocycles. The van der Waals surface area contributed by atoms with Gasteiger partial charge in [0, 0.05) is 38.9 Å². The van der Waals surface area contributed by atoms with Gasteiger partial charge in [0.25, 0.3) is 0 Å². The summed E-state index contributed by atoms with van der Waals surface area (Å²) in [7, 11) is 0. The van der Waals surface area contributed by atoms with Crippen molar-refractivity contribution >= 4 is 77.2 Å². The molecule has 2 heteroatoms. The van der Waals surface area contributed by atoms with E-state index in [0.717, 1.165) is 22.7 Å². The van der Waals surface area contributed by atoms with Crippen LogP contribution in [-0.4, -0.2) is 0 Å². The number of fused-ring (bicyclic) bond motifs is 8. The standard InChI is InChI=1S/C55H40N2/c1-55(2)51-35-43(56(41-20-4-3-5-21-41)53-26-14-19-38-16-8-11-23-46(38)53)29-31-48(51)49-32-30-44(36-52(49)55)57(42-28-27-37-15-6-7-17-39(37)33-42)54-34-40-18-9-10-22-45(40)47-24-12-13-25-50(47)54/h3-36H,1-2H3. The second kappa shape index (κ2) is 13.0. The van der Waals surface area contributed by atoms with Crippen molar-refractivity contribution in [2.24, 2.45) is 0 Å². The van der Waals surface area contributed by atoms with Crippen molar-refractivity contribution in [2.45, 2.75) is 19.3 Å². The van der Waals surface area contributed by atoms with Crippen LogP contribution in [-0.2, 0) is 5.41 Å². The number of nitrogens with zero attached hydrogens (tertiary/aromatic N) is 2. The van der Waals surface area contributed by atoms with Crippen molar-refractivity contribution in [3.05, 3.63) is 217 Å². The zero-order valence-electron chi connectivity index (χ0n) is 32.0. The molecule has 10 aromatic rings. The highest BCUT2D eigenvalue weighted by molar-refractivity contribution is 6.15. The molecule has 0 heterocycles. The smallest absolute Gasteiger partial charge is 0.0546 e. The Morgan fingerprint density at radius 1 is 0.298 bits per heavy atom. The summed E-state index contributed by atoms with van der Waals surface area (Å²) in [5.74, 6) is 0. The fraction of sp³-hybridized carbons (Fsp3) is 0.0545. The van der Waals surface area contributed by atoms with Crippen molar-refractivity contribution in [2.75, 3.05) is 9.80 Å². The van der Waals surface area contributed by atoms with Crippen LogP contribution in [0, 0.1) is 0 Å². The quantitative estimate of drug-likeness (QED) is 0.157. The van der Waals surface area contributed by atoms with Crippen LogP contribution in [0.2, 0.25) is 0 Å². The zero-order valence-corrected chi connectivity index (χ0v) is 32.0. The molecule has 0 spiro atoms. The third kappa shape index (κ3) is 5.33. The molecule has 0 saturated heterocycles. The van der Waals surface area contributed by atoms with Gasteiger partial charge in [-0.15, -0.1) is 0 Å². The molecular formula is C55H40N2. The topological polar surface area (TPSA) is 6.48 Å². The van der Waals surface area contributed by atoms with Crippen LogP contribution in [0.1, 0.15) is 25.0 Å². The molecule has 57 heavy (non-hydrogen) atoms. The van der Waals surface area contributed by atoms with Crippen molar-refractivity contribution in [3.8, 4) is 11.1 Å². The number of para-hydroxylation sites is 1. The minimum absolute atomic E-state index is 0.252. The summed E-state index contributed by atoms with van der Waals surface area (Å²) in [5.41, 5.74) is 11.9. The normalized spacial score (nSPS) is 12.9. The third-order valence-electron chi connectivity index (χ3n) is 12.2. The summed E-state index contributed by atoms with van der Waals surface area (Å²) in [6.07, 6.45) is 0. The van der Waals surface area contributed by atoms with E-state index in [2.05, 4.69) is 230 Å². The van der Waals surface area contributed by atoms with E-state index >= 15 is 0 Å². The van der Waals surface area contributed by atoms with Crippen LogP contribution >= 0.6 is 0 Å². The van der Waals surface area contributed by atoms with Gasteiger partial charge in [-0.05, 0) is 115 Å². The zero-order chi connectivity index (χ0) is 38.1. The lowest BCUT2D eigenvalue weighted by Gasteiger charge is -2.30. The molecule has 0 fully saturated rings. The first-order valence-electron chi connectivity index (χ1n) is 19.8. The minimum Gasteiger partial charge on any atom is -0.310 e. The first-order chi connectivity index (χ1) is 28.0. The van der Waals surface area contributed by atoms with Crippen molar-refractivity contribution in [1.29, 1.82) is 0 Å². The van der Waals surface area contributed by atoms with E-state index < -0.39 is 0 Å². The summed E-state index contributed by atoms with van der Waals surface area (Å²) in [6, 6.07) is 75.8. The fourth-order valence-electron chi connectivity index (χ4n) is 9.36. The molecule has 0 radical (unpaired) electrons. The SMILES string of the molecule is CC1(C)c2cc(N(c3ccccc3)c3cccc4ccccc34)ccc2-c2ccc(N(c3ccc4ccccc4c3)c3cc4ccccc4c4ccccc34)cc21. The summed E-state index contributed by atoms with van der Waals surface area (Å²) >= 11 is 0.